The van der Waals surface area contributed by atoms with Crippen LogP contribution in [-0.2, 0) is 9.53 Å². The predicted molar refractivity (Wildman–Crippen MR) is 91.5 cm³/mol. The Morgan fingerprint density at radius 3 is 2.73 bits per heavy atom. The zero-order valence-corrected chi connectivity index (χ0v) is 14.8. The van der Waals surface area contributed by atoms with E-state index in [1.165, 1.54) is 23.9 Å². The van der Waals surface area contributed by atoms with Gasteiger partial charge in [-0.3, -0.25) is 0 Å². The molecule has 0 aliphatic carbocycles. The lowest BCUT2D eigenvalue weighted by molar-refractivity contribution is -0.142. The third kappa shape index (κ3) is 2.99. The van der Waals surface area contributed by atoms with Crippen molar-refractivity contribution in [3.63, 3.8) is 0 Å². The molecule has 1 heterocycles. The van der Waals surface area contributed by atoms with Crippen LogP contribution >= 0.6 is 0 Å². The van der Waals surface area contributed by atoms with Crippen molar-refractivity contribution in [3.05, 3.63) is 29.3 Å². The Morgan fingerprint density at radius 2 is 2.14 bits per heavy atom. The van der Waals surface area contributed by atoms with E-state index in [4.69, 9.17) is 4.74 Å². The molecule has 0 aromatic heterocycles. The molecular weight excluding hydrogens is 274 g/mol. The van der Waals surface area contributed by atoms with Crippen molar-refractivity contribution < 1.29 is 9.53 Å². The minimum atomic E-state index is -0.210. The summed E-state index contributed by atoms with van der Waals surface area (Å²) >= 11 is 0. The number of aryl methyl sites for hydroxylation is 1. The molecule has 0 amide bonds. The van der Waals surface area contributed by atoms with Crippen LogP contribution in [0.3, 0.4) is 0 Å². The fourth-order valence-corrected chi connectivity index (χ4v) is 3.91. The van der Waals surface area contributed by atoms with Crippen LogP contribution in [0.1, 0.15) is 64.0 Å². The van der Waals surface area contributed by atoms with Crippen LogP contribution in [0.2, 0.25) is 0 Å². The number of carbonyl (C=O) groups is 1. The summed E-state index contributed by atoms with van der Waals surface area (Å²) in [6.07, 6.45) is 2.82. The molecule has 1 aliphatic rings. The van der Waals surface area contributed by atoms with E-state index in [0.29, 0.717) is 5.92 Å². The molecule has 1 aliphatic heterocycles. The highest BCUT2D eigenvalue weighted by Gasteiger charge is 2.42. The van der Waals surface area contributed by atoms with E-state index in [0.717, 1.165) is 19.3 Å². The molecule has 0 spiro atoms. The molecule has 3 nitrogen and oxygen atoms in total. The summed E-state index contributed by atoms with van der Waals surface area (Å²) < 4.78 is 5.10. The molecule has 0 radical (unpaired) electrons. The average Bonchev–Trinajstić information content (AvgIpc) is 2.44. The Bertz CT molecular complexity index is 550. The second-order valence-corrected chi connectivity index (χ2v) is 7.18. The number of esters is 1. The highest BCUT2D eigenvalue weighted by molar-refractivity contribution is 5.81. The van der Waals surface area contributed by atoms with E-state index >= 15 is 0 Å². The highest BCUT2D eigenvalue weighted by atomic mass is 16.5. The molecule has 1 aromatic rings. The van der Waals surface area contributed by atoms with Gasteiger partial charge >= 0.3 is 5.97 Å². The summed E-state index contributed by atoms with van der Waals surface area (Å²) in [7, 11) is 1.49. The van der Waals surface area contributed by atoms with Gasteiger partial charge in [0.25, 0.3) is 0 Å². The van der Waals surface area contributed by atoms with Gasteiger partial charge in [0.05, 0.1) is 7.11 Å². The van der Waals surface area contributed by atoms with E-state index in [1.54, 1.807) is 0 Å². The van der Waals surface area contributed by atoms with Gasteiger partial charge in [-0.2, -0.15) is 0 Å². The number of nitrogens with zero attached hydrogens (tertiary/aromatic N) is 1. The molecule has 122 valence electrons. The van der Waals surface area contributed by atoms with Gasteiger partial charge in [-0.25, -0.2) is 4.79 Å². The third-order valence-corrected chi connectivity index (χ3v) is 4.78. The summed E-state index contributed by atoms with van der Waals surface area (Å²) in [4.78, 5) is 14.7. The lowest BCUT2D eigenvalue weighted by Crippen LogP contribution is -2.56. The fraction of sp³-hybridized carbons (Fsp3) is 0.632. The van der Waals surface area contributed by atoms with Crippen LogP contribution in [0.4, 0.5) is 5.69 Å². The number of hydrogen-bond donors (Lipinski definition) is 0. The number of hydrogen-bond acceptors (Lipinski definition) is 3. The number of carbonyl (C=O) groups excluding carboxylic acids is 1. The van der Waals surface area contributed by atoms with Crippen molar-refractivity contribution in [2.45, 2.75) is 71.4 Å². The SMILES string of the molecule is CCC[C@H](C(=O)OC)N1c2cc(C)ccc2[C@@H](C)CC1(C)C. The second kappa shape index (κ2) is 6.31. The topological polar surface area (TPSA) is 29.5 Å². The van der Waals surface area contributed by atoms with Gasteiger partial charge in [0.2, 0.25) is 0 Å². The van der Waals surface area contributed by atoms with Crippen molar-refractivity contribution in [1.82, 2.24) is 0 Å². The second-order valence-electron chi connectivity index (χ2n) is 7.18. The molecule has 2 rings (SSSR count). The maximum absolute atomic E-state index is 12.4. The average molecular weight is 303 g/mol. The first-order chi connectivity index (χ1) is 10.3. The van der Waals surface area contributed by atoms with Crippen LogP contribution in [0, 0.1) is 6.92 Å². The molecular formula is C19H29NO2. The number of fused-ring (bicyclic) bond motifs is 1. The van der Waals surface area contributed by atoms with Gasteiger partial charge in [-0.1, -0.05) is 32.4 Å². The maximum Gasteiger partial charge on any atom is 0.328 e. The number of anilines is 1. The van der Waals surface area contributed by atoms with Crippen molar-refractivity contribution >= 4 is 11.7 Å². The third-order valence-electron chi connectivity index (χ3n) is 4.78. The van der Waals surface area contributed by atoms with Crippen LogP contribution in [0.5, 0.6) is 0 Å². The Labute approximate surface area is 134 Å². The molecule has 3 heteroatoms. The Hall–Kier alpha value is -1.51. The zero-order valence-electron chi connectivity index (χ0n) is 14.8. The Morgan fingerprint density at radius 1 is 1.45 bits per heavy atom. The minimum absolute atomic E-state index is 0.0613. The standard InChI is InChI=1S/C19H29NO2/c1-7-8-16(18(21)22-6)20-17-11-13(2)9-10-15(17)14(3)12-19(20,4)5/h9-11,14,16H,7-8,12H2,1-6H3/t14-,16+/m0/s1. The van der Waals surface area contributed by atoms with Crippen molar-refractivity contribution in [2.24, 2.45) is 0 Å². The number of ether oxygens (including phenoxy) is 1. The van der Waals surface area contributed by atoms with Gasteiger partial charge in [0, 0.05) is 11.2 Å². The van der Waals surface area contributed by atoms with Gasteiger partial charge in [0.1, 0.15) is 6.04 Å². The van der Waals surface area contributed by atoms with E-state index in [1.807, 2.05) is 0 Å². The monoisotopic (exact) mass is 303 g/mol. The molecule has 22 heavy (non-hydrogen) atoms. The quantitative estimate of drug-likeness (QED) is 0.771. The lowest BCUT2D eigenvalue weighted by Gasteiger charge is -2.50. The maximum atomic E-state index is 12.4. The van der Waals surface area contributed by atoms with E-state index in [2.05, 4.69) is 57.7 Å². The van der Waals surface area contributed by atoms with Crippen LogP contribution in [-0.4, -0.2) is 24.7 Å². The van der Waals surface area contributed by atoms with E-state index < -0.39 is 0 Å². The molecule has 0 unspecified atom stereocenters. The van der Waals surface area contributed by atoms with Gasteiger partial charge in [0.15, 0.2) is 0 Å². The first-order valence-electron chi connectivity index (χ1n) is 8.29. The normalized spacial score (nSPS) is 21.2. The summed E-state index contributed by atoms with van der Waals surface area (Å²) in [5, 5.41) is 0. The van der Waals surface area contributed by atoms with Crippen LogP contribution in [0.25, 0.3) is 0 Å². The Kier molecular flexibility index (Phi) is 4.84. The molecule has 0 saturated heterocycles. The summed E-state index contributed by atoms with van der Waals surface area (Å²) in [5.74, 6) is 0.374. The van der Waals surface area contributed by atoms with Crippen molar-refractivity contribution in [2.75, 3.05) is 12.0 Å². The first-order valence-corrected chi connectivity index (χ1v) is 8.29. The van der Waals surface area contributed by atoms with E-state index in [9.17, 15) is 4.79 Å². The zero-order chi connectivity index (χ0) is 16.5. The smallest absolute Gasteiger partial charge is 0.328 e. The van der Waals surface area contributed by atoms with E-state index in [-0.39, 0.29) is 17.6 Å². The molecule has 1 aromatic carbocycles. The summed E-state index contributed by atoms with van der Waals surface area (Å²) in [6.45, 7) is 11.0. The van der Waals surface area contributed by atoms with Gasteiger partial charge < -0.3 is 9.64 Å². The number of rotatable bonds is 4. The molecule has 2 atom stereocenters. The van der Waals surface area contributed by atoms with Gasteiger partial charge in [-0.15, -0.1) is 0 Å². The lowest BCUT2D eigenvalue weighted by atomic mass is 9.78. The first kappa shape index (κ1) is 16.9. The minimum Gasteiger partial charge on any atom is -0.467 e. The largest absolute Gasteiger partial charge is 0.467 e. The molecule has 0 N–H and O–H groups in total. The Balaban J connectivity index is 2.57. The predicted octanol–water partition coefficient (Wildman–Crippen LogP) is 4.43. The van der Waals surface area contributed by atoms with Gasteiger partial charge in [-0.05, 0) is 56.7 Å². The number of benzene rings is 1. The van der Waals surface area contributed by atoms with Crippen LogP contribution < -0.4 is 4.90 Å². The number of methoxy groups -OCH3 is 1. The van der Waals surface area contributed by atoms with Crippen LogP contribution in [0.15, 0.2) is 18.2 Å². The fourth-order valence-electron chi connectivity index (χ4n) is 3.91. The summed E-state index contributed by atoms with van der Waals surface area (Å²) in [6, 6.07) is 6.40. The molecule has 0 fully saturated rings. The molecule has 0 saturated carbocycles. The van der Waals surface area contributed by atoms with Crippen molar-refractivity contribution in [1.29, 1.82) is 0 Å². The highest BCUT2D eigenvalue weighted by Crippen LogP contribution is 2.45. The van der Waals surface area contributed by atoms with Crippen molar-refractivity contribution in [3.8, 4) is 0 Å². The summed E-state index contributed by atoms with van der Waals surface area (Å²) in [5.41, 5.74) is 3.71. The molecule has 0 bridgehead atoms.